The van der Waals surface area contributed by atoms with Crippen molar-refractivity contribution in [2.24, 2.45) is 0 Å². The molecule has 2 aliphatic heterocycles. The van der Waals surface area contributed by atoms with Gasteiger partial charge in [0.25, 0.3) is 0 Å². The molecule has 0 unspecified atom stereocenters. The minimum absolute atomic E-state index is 0.204. The Hall–Kier alpha value is -3.54. The van der Waals surface area contributed by atoms with Crippen molar-refractivity contribution in [3.8, 4) is 17.2 Å². The van der Waals surface area contributed by atoms with Gasteiger partial charge in [0.05, 0.1) is 12.2 Å². The van der Waals surface area contributed by atoms with Crippen LogP contribution in [0.4, 0.5) is 0 Å². The van der Waals surface area contributed by atoms with Crippen molar-refractivity contribution in [3.63, 3.8) is 0 Å². The van der Waals surface area contributed by atoms with Crippen LogP contribution in [0.3, 0.4) is 0 Å². The lowest BCUT2D eigenvalue weighted by Crippen LogP contribution is -2.18. The average molecular weight is 392 g/mol. The van der Waals surface area contributed by atoms with Gasteiger partial charge in [-0.05, 0) is 49.8 Å². The maximum absolute atomic E-state index is 12.7. The van der Waals surface area contributed by atoms with Crippen LogP contribution in [0.25, 0.3) is 6.08 Å². The van der Waals surface area contributed by atoms with Crippen molar-refractivity contribution < 1.29 is 28.5 Å². The van der Waals surface area contributed by atoms with Gasteiger partial charge in [-0.25, -0.2) is 4.79 Å². The Kier molecular flexibility index (Phi) is 5.08. The van der Waals surface area contributed by atoms with Crippen LogP contribution < -0.4 is 14.2 Å². The predicted molar refractivity (Wildman–Crippen MR) is 106 cm³/mol. The molecule has 0 amide bonds. The second-order valence-electron chi connectivity index (χ2n) is 6.63. The highest BCUT2D eigenvalue weighted by atomic mass is 16.6. The van der Waals surface area contributed by atoms with E-state index in [9.17, 15) is 9.59 Å². The third kappa shape index (κ3) is 3.87. The van der Waals surface area contributed by atoms with Gasteiger partial charge in [-0.2, -0.15) is 0 Å². The monoisotopic (exact) mass is 392 g/mol. The van der Waals surface area contributed by atoms with Crippen LogP contribution in [0.5, 0.6) is 17.2 Å². The molecule has 6 heteroatoms. The maximum atomic E-state index is 12.7. The molecule has 0 N–H and O–H groups in total. The number of allylic oxidation sites excluding steroid dienone is 1. The smallest absolute Gasteiger partial charge is 0.344 e. The summed E-state index contributed by atoms with van der Waals surface area (Å²) >= 11 is 0. The number of carbonyl (C=O) groups excluding carboxylic acids is 2. The lowest BCUT2D eigenvalue weighted by atomic mass is 10.0. The molecule has 0 saturated carbocycles. The molecule has 0 bridgehead atoms. The molecule has 0 aliphatic carbocycles. The standard InChI is InChI=1S/C23H20O6/c1-3-26-22(24)13-27-17-8-9-18-20(12-17)29-21(23(18)25)11-16-10-15-6-4-5-7-19(15)28-14(16)2/h4-12,14H,3,13H2,1-2H3/b21-11-/t14-/m0/s1. The van der Waals surface area contributed by atoms with Crippen molar-refractivity contribution in [3.05, 3.63) is 71.0 Å². The molecule has 2 heterocycles. The summed E-state index contributed by atoms with van der Waals surface area (Å²) in [6, 6.07) is 12.6. The van der Waals surface area contributed by atoms with E-state index in [-0.39, 0.29) is 24.3 Å². The summed E-state index contributed by atoms with van der Waals surface area (Å²) in [7, 11) is 0. The van der Waals surface area contributed by atoms with Gasteiger partial charge in [-0.15, -0.1) is 0 Å². The molecule has 148 valence electrons. The molecule has 0 saturated heterocycles. The molecule has 2 aliphatic rings. The summed E-state index contributed by atoms with van der Waals surface area (Å²) in [6.07, 6.45) is 3.49. The maximum Gasteiger partial charge on any atom is 0.344 e. The number of benzene rings is 2. The lowest BCUT2D eigenvalue weighted by Gasteiger charge is -2.22. The molecule has 2 aromatic carbocycles. The van der Waals surface area contributed by atoms with Crippen LogP contribution in [0.15, 0.2) is 59.9 Å². The van der Waals surface area contributed by atoms with Gasteiger partial charge in [0.1, 0.15) is 23.4 Å². The molecule has 6 nitrogen and oxygen atoms in total. The first-order valence-electron chi connectivity index (χ1n) is 9.39. The Morgan fingerprint density at radius 2 is 2.00 bits per heavy atom. The summed E-state index contributed by atoms with van der Waals surface area (Å²) in [4.78, 5) is 24.1. The van der Waals surface area contributed by atoms with Gasteiger partial charge >= 0.3 is 5.97 Å². The van der Waals surface area contributed by atoms with E-state index < -0.39 is 5.97 Å². The Bertz CT molecular complexity index is 1030. The molecule has 0 spiro atoms. The molecule has 0 radical (unpaired) electrons. The SMILES string of the molecule is CCOC(=O)COc1ccc2c(c1)O/C(=C\C1=Cc3ccccc3O[C@H]1C)C2=O. The first-order chi connectivity index (χ1) is 14.0. The van der Waals surface area contributed by atoms with E-state index in [1.54, 1.807) is 31.2 Å². The lowest BCUT2D eigenvalue weighted by molar-refractivity contribution is -0.145. The number of esters is 1. The topological polar surface area (TPSA) is 71.1 Å². The Labute approximate surface area is 168 Å². The van der Waals surface area contributed by atoms with Gasteiger partial charge in [-0.3, -0.25) is 4.79 Å². The van der Waals surface area contributed by atoms with Crippen molar-refractivity contribution >= 4 is 17.8 Å². The number of ketones is 1. The molecule has 0 fully saturated rings. The summed E-state index contributed by atoms with van der Waals surface area (Å²) < 4.78 is 21.9. The molecule has 1 atom stereocenters. The van der Waals surface area contributed by atoms with Gasteiger partial charge in [0.15, 0.2) is 12.4 Å². The summed E-state index contributed by atoms with van der Waals surface area (Å²) in [5.74, 6) is 1.20. The van der Waals surface area contributed by atoms with Crippen LogP contribution in [0.1, 0.15) is 29.8 Å². The second kappa shape index (κ2) is 7.83. The largest absolute Gasteiger partial charge is 0.485 e. The van der Waals surface area contributed by atoms with Gasteiger partial charge in [0, 0.05) is 11.6 Å². The van der Waals surface area contributed by atoms with Crippen molar-refractivity contribution in [1.82, 2.24) is 0 Å². The molecule has 0 aromatic heterocycles. The molecular weight excluding hydrogens is 372 g/mol. The summed E-state index contributed by atoms with van der Waals surface area (Å²) in [5, 5.41) is 0. The van der Waals surface area contributed by atoms with Crippen molar-refractivity contribution in [2.75, 3.05) is 13.2 Å². The van der Waals surface area contributed by atoms with Gasteiger partial charge in [0.2, 0.25) is 5.78 Å². The fraction of sp³-hybridized carbons (Fsp3) is 0.217. The highest BCUT2D eigenvalue weighted by Crippen LogP contribution is 2.36. The van der Waals surface area contributed by atoms with Gasteiger partial charge in [-0.1, -0.05) is 18.2 Å². The molecule has 29 heavy (non-hydrogen) atoms. The number of carbonyl (C=O) groups is 2. The van der Waals surface area contributed by atoms with E-state index in [4.69, 9.17) is 18.9 Å². The van der Waals surface area contributed by atoms with E-state index in [2.05, 4.69) is 0 Å². The van der Waals surface area contributed by atoms with Crippen LogP contribution in [-0.4, -0.2) is 31.1 Å². The first kappa shape index (κ1) is 18.8. The van der Waals surface area contributed by atoms with Crippen LogP contribution in [0.2, 0.25) is 0 Å². The van der Waals surface area contributed by atoms with E-state index >= 15 is 0 Å². The Morgan fingerprint density at radius 3 is 2.83 bits per heavy atom. The third-order valence-electron chi connectivity index (χ3n) is 4.62. The number of Topliss-reactive ketones (excluding diaryl/α,β-unsaturated/α-hetero) is 1. The second-order valence-corrected chi connectivity index (χ2v) is 6.63. The number of fused-ring (bicyclic) bond motifs is 2. The Balaban J connectivity index is 1.54. The normalized spacial score (nSPS) is 18.3. The predicted octanol–water partition coefficient (Wildman–Crippen LogP) is 3.95. The Morgan fingerprint density at radius 1 is 1.17 bits per heavy atom. The zero-order valence-corrected chi connectivity index (χ0v) is 16.1. The number of hydrogen-bond donors (Lipinski definition) is 0. The summed E-state index contributed by atoms with van der Waals surface area (Å²) in [5.41, 5.74) is 2.25. The van der Waals surface area contributed by atoms with E-state index in [1.807, 2.05) is 37.3 Å². The zero-order valence-electron chi connectivity index (χ0n) is 16.1. The number of hydrogen-bond acceptors (Lipinski definition) is 6. The first-order valence-corrected chi connectivity index (χ1v) is 9.39. The third-order valence-corrected chi connectivity index (χ3v) is 4.62. The number of ether oxygens (including phenoxy) is 4. The average Bonchev–Trinajstić information content (AvgIpc) is 3.02. The van der Waals surface area contributed by atoms with E-state index in [1.165, 1.54) is 0 Å². The fourth-order valence-corrected chi connectivity index (χ4v) is 3.17. The van der Waals surface area contributed by atoms with Crippen LogP contribution >= 0.6 is 0 Å². The van der Waals surface area contributed by atoms with E-state index in [0.29, 0.717) is 23.7 Å². The molecular formula is C23H20O6. The highest BCUT2D eigenvalue weighted by molar-refractivity contribution is 6.12. The van der Waals surface area contributed by atoms with E-state index in [0.717, 1.165) is 16.9 Å². The minimum atomic E-state index is -0.455. The highest BCUT2D eigenvalue weighted by Gasteiger charge is 2.29. The zero-order chi connectivity index (χ0) is 20.4. The number of rotatable bonds is 5. The van der Waals surface area contributed by atoms with Crippen LogP contribution in [-0.2, 0) is 9.53 Å². The fourth-order valence-electron chi connectivity index (χ4n) is 3.17. The summed E-state index contributed by atoms with van der Waals surface area (Å²) in [6.45, 7) is 3.74. The quantitative estimate of drug-likeness (QED) is 0.567. The van der Waals surface area contributed by atoms with Gasteiger partial charge < -0.3 is 18.9 Å². The number of para-hydroxylation sites is 1. The van der Waals surface area contributed by atoms with Crippen LogP contribution in [0, 0.1) is 0 Å². The molecule has 2 aromatic rings. The minimum Gasteiger partial charge on any atom is -0.485 e. The van der Waals surface area contributed by atoms with Crippen molar-refractivity contribution in [2.45, 2.75) is 20.0 Å². The van der Waals surface area contributed by atoms with Crippen molar-refractivity contribution in [1.29, 1.82) is 0 Å². The molecule has 4 rings (SSSR count).